The highest BCUT2D eigenvalue weighted by molar-refractivity contribution is 5.79. The van der Waals surface area contributed by atoms with Crippen molar-refractivity contribution in [1.82, 2.24) is 10.7 Å². The lowest BCUT2D eigenvalue weighted by Crippen LogP contribution is -2.55. The highest BCUT2D eigenvalue weighted by Gasteiger charge is 2.27. The van der Waals surface area contributed by atoms with E-state index in [1.807, 2.05) is 0 Å². The maximum Gasteiger partial charge on any atom is 0.206 e. The zero-order valence-corrected chi connectivity index (χ0v) is 9.68. The first-order valence-electron chi connectivity index (χ1n) is 5.57. The summed E-state index contributed by atoms with van der Waals surface area (Å²) in [7, 11) is 0. The third-order valence-electron chi connectivity index (χ3n) is 2.65. The molecule has 0 radical (unpaired) electrons. The normalized spacial score (nSPS) is 21.1. The van der Waals surface area contributed by atoms with E-state index in [9.17, 15) is 0 Å². The van der Waals surface area contributed by atoms with Crippen LogP contribution in [0.25, 0.3) is 0 Å². The van der Waals surface area contributed by atoms with Crippen molar-refractivity contribution in [3.8, 4) is 0 Å². The zero-order valence-electron chi connectivity index (χ0n) is 9.68. The highest BCUT2D eigenvalue weighted by Crippen LogP contribution is 2.19. The summed E-state index contributed by atoms with van der Waals surface area (Å²) in [6.07, 6.45) is 2.99. The topological polar surface area (TPSA) is 71.7 Å². The zero-order chi connectivity index (χ0) is 11.1. The minimum atomic E-state index is 0.0528. The van der Waals surface area contributed by atoms with E-state index in [-0.39, 0.29) is 5.54 Å². The summed E-state index contributed by atoms with van der Waals surface area (Å²) in [6.45, 7) is 6.66. The predicted octanol–water partition coefficient (Wildman–Crippen LogP) is 0.374. The number of hydrogen-bond acceptors (Lipinski definition) is 3. The van der Waals surface area contributed by atoms with Crippen molar-refractivity contribution in [3.63, 3.8) is 0 Å². The molecule has 5 heteroatoms. The minimum Gasteiger partial charge on any atom is -0.381 e. The first-order valence-corrected chi connectivity index (χ1v) is 5.57. The quantitative estimate of drug-likeness (QED) is 0.275. The number of nitrogens with zero attached hydrogens (tertiary/aromatic N) is 1. The van der Waals surface area contributed by atoms with Gasteiger partial charge in [-0.05, 0) is 26.2 Å². The summed E-state index contributed by atoms with van der Waals surface area (Å²) in [5.74, 6) is 6.10. The summed E-state index contributed by atoms with van der Waals surface area (Å²) in [5.41, 5.74) is 2.66. The van der Waals surface area contributed by atoms with E-state index in [0.717, 1.165) is 39.0 Å². The summed E-state index contributed by atoms with van der Waals surface area (Å²) < 4.78 is 5.33. The van der Waals surface area contributed by atoms with Gasteiger partial charge in [-0.2, -0.15) is 0 Å². The molecule has 1 fully saturated rings. The Kier molecular flexibility index (Phi) is 4.84. The number of aliphatic imine (C=N–C) groups is 1. The summed E-state index contributed by atoms with van der Waals surface area (Å²) in [4.78, 5) is 4.33. The Hall–Kier alpha value is -0.810. The number of ether oxygens (including phenoxy) is 1. The van der Waals surface area contributed by atoms with Gasteiger partial charge >= 0.3 is 0 Å². The molecule has 1 aliphatic heterocycles. The van der Waals surface area contributed by atoms with Crippen LogP contribution in [0, 0.1) is 0 Å². The van der Waals surface area contributed by atoms with Gasteiger partial charge in [0.15, 0.2) is 0 Å². The molecule has 1 heterocycles. The molecule has 0 aromatic carbocycles. The molecule has 0 spiro atoms. The lowest BCUT2D eigenvalue weighted by atomic mass is 9.93. The molecule has 1 aliphatic rings. The van der Waals surface area contributed by atoms with E-state index in [0.29, 0.717) is 5.96 Å². The van der Waals surface area contributed by atoms with Gasteiger partial charge in [0, 0.05) is 25.3 Å². The smallest absolute Gasteiger partial charge is 0.206 e. The SMILES string of the molecule is CCCN=C(NN)NC1(C)CCOCC1. The maximum absolute atomic E-state index is 5.42. The average Bonchev–Trinajstić information content (AvgIpc) is 2.25. The molecule has 0 unspecified atom stereocenters. The van der Waals surface area contributed by atoms with Crippen molar-refractivity contribution in [2.75, 3.05) is 19.8 Å². The van der Waals surface area contributed by atoms with Crippen LogP contribution in [0.1, 0.15) is 33.1 Å². The molecule has 15 heavy (non-hydrogen) atoms. The lowest BCUT2D eigenvalue weighted by molar-refractivity contribution is 0.0521. The molecule has 0 amide bonds. The second kappa shape index (κ2) is 5.92. The van der Waals surface area contributed by atoms with Crippen LogP contribution in [0.4, 0.5) is 0 Å². The predicted molar refractivity (Wildman–Crippen MR) is 61.5 cm³/mol. The fourth-order valence-electron chi connectivity index (χ4n) is 1.58. The fourth-order valence-corrected chi connectivity index (χ4v) is 1.58. The van der Waals surface area contributed by atoms with Gasteiger partial charge in [0.1, 0.15) is 0 Å². The minimum absolute atomic E-state index is 0.0528. The third kappa shape index (κ3) is 4.05. The Bertz CT molecular complexity index is 211. The molecular weight excluding hydrogens is 192 g/mol. The largest absolute Gasteiger partial charge is 0.381 e. The number of rotatable bonds is 3. The average molecular weight is 214 g/mol. The van der Waals surface area contributed by atoms with Crippen molar-refractivity contribution >= 4 is 5.96 Å². The molecule has 88 valence electrons. The van der Waals surface area contributed by atoms with E-state index in [1.165, 1.54) is 0 Å². The van der Waals surface area contributed by atoms with Crippen LogP contribution in [-0.2, 0) is 4.74 Å². The maximum atomic E-state index is 5.42. The standard InChI is InChI=1S/C10H22N4O/c1-3-6-12-9(14-11)13-10(2)4-7-15-8-5-10/h3-8,11H2,1-2H3,(H2,12,13,14). The van der Waals surface area contributed by atoms with Crippen molar-refractivity contribution in [3.05, 3.63) is 0 Å². The first kappa shape index (κ1) is 12.3. The van der Waals surface area contributed by atoms with Gasteiger partial charge < -0.3 is 10.1 Å². The molecule has 1 rings (SSSR count). The molecule has 4 N–H and O–H groups in total. The number of guanidine groups is 1. The molecule has 0 atom stereocenters. The van der Waals surface area contributed by atoms with Gasteiger partial charge in [0.05, 0.1) is 0 Å². The number of hydrazine groups is 1. The third-order valence-corrected chi connectivity index (χ3v) is 2.65. The Balaban J connectivity index is 2.48. The van der Waals surface area contributed by atoms with Gasteiger partial charge in [-0.25, -0.2) is 5.84 Å². The van der Waals surface area contributed by atoms with E-state index in [2.05, 4.69) is 29.6 Å². The van der Waals surface area contributed by atoms with E-state index >= 15 is 0 Å². The second-order valence-electron chi connectivity index (χ2n) is 4.17. The monoisotopic (exact) mass is 214 g/mol. The molecule has 0 aromatic rings. The molecule has 0 aromatic heterocycles. The van der Waals surface area contributed by atoms with Crippen molar-refractivity contribution in [1.29, 1.82) is 0 Å². The van der Waals surface area contributed by atoms with E-state index in [1.54, 1.807) is 0 Å². The summed E-state index contributed by atoms with van der Waals surface area (Å²) in [5, 5.41) is 3.35. The first-order chi connectivity index (χ1) is 7.20. The highest BCUT2D eigenvalue weighted by atomic mass is 16.5. The van der Waals surface area contributed by atoms with Crippen LogP contribution in [0.5, 0.6) is 0 Å². The van der Waals surface area contributed by atoms with Gasteiger partial charge in [0.25, 0.3) is 0 Å². The van der Waals surface area contributed by atoms with Crippen LogP contribution in [0.3, 0.4) is 0 Å². The Morgan fingerprint density at radius 1 is 1.47 bits per heavy atom. The van der Waals surface area contributed by atoms with Gasteiger partial charge in [-0.1, -0.05) is 6.92 Å². The van der Waals surface area contributed by atoms with Crippen LogP contribution < -0.4 is 16.6 Å². The van der Waals surface area contributed by atoms with Crippen LogP contribution in [-0.4, -0.2) is 31.3 Å². The van der Waals surface area contributed by atoms with Gasteiger partial charge in [-0.3, -0.25) is 10.4 Å². The lowest BCUT2D eigenvalue weighted by Gasteiger charge is -2.35. The van der Waals surface area contributed by atoms with Gasteiger partial charge in [-0.15, -0.1) is 0 Å². The van der Waals surface area contributed by atoms with Crippen LogP contribution in [0.15, 0.2) is 4.99 Å². The molecule has 0 bridgehead atoms. The number of nitrogens with one attached hydrogen (secondary N) is 2. The Morgan fingerprint density at radius 3 is 2.67 bits per heavy atom. The molecular formula is C10H22N4O. The van der Waals surface area contributed by atoms with Crippen LogP contribution >= 0.6 is 0 Å². The van der Waals surface area contributed by atoms with Gasteiger partial charge in [0.2, 0.25) is 5.96 Å². The summed E-state index contributed by atoms with van der Waals surface area (Å²) >= 11 is 0. The summed E-state index contributed by atoms with van der Waals surface area (Å²) in [6, 6.07) is 0. The van der Waals surface area contributed by atoms with Crippen molar-refractivity contribution < 1.29 is 4.74 Å². The fraction of sp³-hybridized carbons (Fsp3) is 0.900. The van der Waals surface area contributed by atoms with E-state index in [4.69, 9.17) is 10.6 Å². The Morgan fingerprint density at radius 2 is 2.13 bits per heavy atom. The van der Waals surface area contributed by atoms with Crippen molar-refractivity contribution in [2.24, 2.45) is 10.8 Å². The van der Waals surface area contributed by atoms with Crippen molar-refractivity contribution in [2.45, 2.75) is 38.6 Å². The number of hydrogen-bond donors (Lipinski definition) is 3. The molecule has 1 saturated heterocycles. The van der Waals surface area contributed by atoms with E-state index < -0.39 is 0 Å². The molecule has 5 nitrogen and oxygen atoms in total. The molecule has 0 aliphatic carbocycles. The molecule has 0 saturated carbocycles. The van der Waals surface area contributed by atoms with Crippen LogP contribution in [0.2, 0.25) is 0 Å². The Labute approximate surface area is 91.4 Å². The number of nitrogens with two attached hydrogens (primary N) is 1. The second-order valence-corrected chi connectivity index (χ2v) is 4.17.